The Morgan fingerprint density at radius 3 is 2.17 bits per heavy atom. The smallest absolute Gasteiger partial charge is 0.261 e. The lowest BCUT2D eigenvalue weighted by atomic mass is 10.1. The normalized spacial score (nSPS) is 11.3. The molecule has 0 radical (unpaired) electrons. The van der Waals surface area contributed by atoms with Crippen LogP contribution in [-0.2, 0) is 16.0 Å². The second-order valence-corrected chi connectivity index (χ2v) is 6.73. The molecule has 2 amide bonds. The van der Waals surface area contributed by atoms with Crippen molar-refractivity contribution < 1.29 is 23.8 Å². The van der Waals surface area contributed by atoms with Gasteiger partial charge in [0.05, 0.1) is 14.2 Å². The second-order valence-electron chi connectivity index (χ2n) is 6.73. The maximum Gasteiger partial charge on any atom is 0.261 e. The molecule has 0 aliphatic heterocycles. The fraction of sp³-hybridized carbons (Fsp3) is 0.391. The van der Waals surface area contributed by atoms with Crippen molar-refractivity contribution >= 4 is 11.8 Å². The van der Waals surface area contributed by atoms with E-state index in [0.29, 0.717) is 36.8 Å². The average molecular weight is 415 g/mol. The summed E-state index contributed by atoms with van der Waals surface area (Å²) in [4.78, 5) is 26.9. The van der Waals surface area contributed by atoms with Gasteiger partial charge in [-0.25, -0.2) is 0 Å². The second kappa shape index (κ2) is 11.7. The maximum absolute atomic E-state index is 13.0. The number of nitrogens with one attached hydrogen (secondary N) is 1. The summed E-state index contributed by atoms with van der Waals surface area (Å²) >= 11 is 0. The van der Waals surface area contributed by atoms with Crippen molar-refractivity contribution in [1.82, 2.24) is 10.2 Å². The van der Waals surface area contributed by atoms with Gasteiger partial charge in [-0.05, 0) is 25.8 Å². The van der Waals surface area contributed by atoms with Gasteiger partial charge in [-0.3, -0.25) is 9.59 Å². The molecule has 1 atom stereocenters. The summed E-state index contributed by atoms with van der Waals surface area (Å²) in [6.07, 6.45) is 0.642. The predicted octanol–water partition coefficient (Wildman–Crippen LogP) is 2.68. The molecule has 162 valence electrons. The molecule has 2 aromatic rings. The zero-order valence-electron chi connectivity index (χ0n) is 18.0. The zero-order chi connectivity index (χ0) is 21.9. The van der Waals surface area contributed by atoms with Crippen molar-refractivity contribution in [3.8, 4) is 17.2 Å². The van der Waals surface area contributed by atoms with E-state index in [0.717, 1.165) is 5.56 Å². The first kappa shape index (κ1) is 23.1. The minimum atomic E-state index is -0.607. The fourth-order valence-electron chi connectivity index (χ4n) is 2.98. The Hall–Kier alpha value is -3.22. The monoisotopic (exact) mass is 414 g/mol. The largest absolute Gasteiger partial charge is 0.496 e. The van der Waals surface area contributed by atoms with E-state index >= 15 is 0 Å². The summed E-state index contributed by atoms with van der Waals surface area (Å²) in [6.45, 7) is 4.29. The highest BCUT2D eigenvalue weighted by Crippen LogP contribution is 2.27. The summed E-state index contributed by atoms with van der Waals surface area (Å²) in [6, 6.07) is 14.3. The van der Waals surface area contributed by atoms with E-state index in [4.69, 9.17) is 14.2 Å². The Kier molecular flexibility index (Phi) is 9.00. The van der Waals surface area contributed by atoms with E-state index in [9.17, 15) is 9.59 Å². The van der Waals surface area contributed by atoms with E-state index in [-0.39, 0.29) is 18.4 Å². The molecule has 7 heteroatoms. The van der Waals surface area contributed by atoms with Crippen LogP contribution in [0.4, 0.5) is 0 Å². The Morgan fingerprint density at radius 1 is 1.00 bits per heavy atom. The van der Waals surface area contributed by atoms with Gasteiger partial charge in [0.25, 0.3) is 5.91 Å². The van der Waals surface area contributed by atoms with E-state index in [1.54, 1.807) is 44.2 Å². The fourth-order valence-corrected chi connectivity index (χ4v) is 2.98. The summed E-state index contributed by atoms with van der Waals surface area (Å²) in [5.41, 5.74) is 1.09. The van der Waals surface area contributed by atoms with Gasteiger partial charge < -0.3 is 24.4 Å². The number of carbonyl (C=O) groups is 2. The molecule has 7 nitrogen and oxygen atoms in total. The van der Waals surface area contributed by atoms with Crippen molar-refractivity contribution in [3.63, 3.8) is 0 Å². The van der Waals surface area contributed by atoms with Gasteiger partial charge >= 0.3 is 0 Å². The third-order valence-corrected chi connectivity index (χ3v) is 4.69. The van der Waals surface area contributed by atoms with Crippen LogP contribution in [0.25, 0.3) is 0 Å². The van der Waals surface area contributed by atoms with Gasteiger partial charge in [-0.15, -0.1) is 0 Å². The van der Waals surface area contributed by atoms with E-state index in [1.807, 2.05) is 37.3 Å². The van der Waals surface area contributed by atoms with Gasteiger partial charge in [0.2, 0.25) is 5.91 Å². The highest BCUT2D eigenvalue weighted by molar-refractivity contribution is 5.87. The lowest BCUT2D eigenvalue weighted by molar-refractivity contribution is -0.141. The van der Waals surface area contributed by atoms with E-state index < -0.39 is 6.04 Å². The molecule has 0 fully saturated rings. The topological polar surface area (TPSA) is 77.1 Å². The molecule has 0 spiro atoms. The van der Waals surface area contributed by atoms with Crippen molar-refractivity contribution in [3.05, 3.63) is 54.1 Å². The van der Waals surface area contributed by atoms with Gasteiger partial charge in [0, 0.05) is 31.3 Å². The molecule has 1 N–H and O–H groups in total. The minimum absolute atomic E-state index is 0.193. The molecular weight excluding hydrogens is 384 g/mol. The third kappa shape index (κ3) is 6.69. The molecular formula is C23H30N2O5. The number of rotatable bonds is 11. The maximum atomic E-state index is 13.0. The highest BCUT2D eigenvalue weighted by atomic mass is 16.5. The number of hydrogen-bond acceptors (Lipinski definition) is 5. The molecule has 0 saturated carbocycles. The number of benzene rings is 2. The first-order chi connectivity index (χ1) is 14.5. The molecule has 0 unspecified atom stereocenters. The minimum Gasteiger partial charge on any atom is -0.496 e. The number of nitrogens with zero attached hydrogens (tertiary/aromatic N) is 1. The molecule has 30 heavy (non-hydrogen) atoms. The van der Waals surface area contributed by atoms with Crippen LogP contribution >= 0.6 is 0 Å². The number of methoxy groups -OCH3 is 2. The van der Waals surface area contributed by atoms with Crippen LogP contribution in [0.15, 0.2) is 48.5 Å². The Morgan fingerprint density at radius 2 is 1.60 bits per heavy atom. The number of ether oxygens (including phenoxy) is 3. The van der Waals surface area contributed by atoms with Crippen LogP contribution in [0.5, 0.6) is 17.2 Å². The highest BCUT2D eigenvalue weighted by Gasteiger charge is 2.25. The molecule has 2 rings (SSSR count). The third-order valence-electron chi connectivity index (χ3n) is 4.69. The van der Waals surface area contributed by atoms with Gasteiger partial charge in [-0.2, -0.15) is 0 Å². The first-order valence-corrected chi connectivity index (χ1v) is 9.95. The van der Waals surface area contributed by atoms with E-state index in [2.05, 4.69) is 5.32 Å². The standard InChI is InChI=1S/C23H30N2O5/c1-5-24-23(27)17(2)25(12-11-18-9-7-6-8-10-18)22(26)16-30-21-14-19(28-3)13-20(15-21)29-4/h6-10,13-15,17H,5,11-12,16H2,1-4H3,(H,24,27)/t17-/m0/s1. The molecule has 0 aliphatic carbocycles. The number of likely N-dealkylation sites (N-methyl/N-ethyl adjacent to an activating group) is 1. The number of amides is 2. The Labute approximate surface area is 177 Å². The van der Waals surface area contributed by atoms with Crippen molar-refractivity contribution in [2.45, 2.75) is 26.3 Å². The van der Waals surface area contributed by atoms with Crippen LogP contribution in [0.1, 0.15) is 19.4 Å². The van der Waals surface area contributed by atoms with Crippen LogP contribution < -0.4 is 19.5 Å². The van der Waals surface area contributed by atoms with E-state index in [1.165, 1.54) is 0 Å². The van der Waals surface area contributed by atoms with Gasteiger partial charge in [-0.1, -0.05) is 30.3 Å². The number of hydrogen-bond donors (Lipinski definition) is 1. The zero-order valence-corrected chi connectivity index (χ0v) is 18.0. The first-order valence-electron chi connectivity index (χ1n) is 9.95. The summed E-state index contributed by atoms with van der Waals surface area (Å²) in [5.74, 6) is 1.11. The summed E-state index contributed by atoms with van der Waals surface area (Å²) in [7, 11) is 3.09. The van der Waals surface area contributed by atoms with Gasteiger partial charge in [0.15, 0.2) is 6.61 Å². The summed E-state index contributed by atoms with van der Waals surface area (Å²) < 4.78 is 16.1. The van der Waals surface area contributed by atoms with Crippen molar-refractivity contribution in [2.75, 3.05) is 33.9 Å². The van der Waals surface area contributed by atoms with Crippen LogP contribution in [0.3, 0.4) is 0 Å². The van der Waals surface area contributed by atoms with Crippen LogP contribution in [-0.4, -0.2) is 56.7 Å². The molecule has 0 saturated heterocycles. The quantitative estimate of drug-likeness (QED) is 0.612. The molecule has 0 aliphatic rings. The average Bonchev–Trinajstić information content (AvgIpc) is 2.78. The van der Waals surface area contributed by atoms with Crippen LogP contribution in [0, 0.1) is 0 Å². The SMILES string of the molecule is CCNC(=O)[C@H](C)N(CCc1ccccc1)C(=O)COc1cc(OC)cc(OC)c1. The van der Waals surface area contributed by atoms with Crippen molar-refractivity contribution in [2.24, 2.45) is 0 Å². The molecule has 0 aromatic heterocycles. The van der Waals surface area contributed by atoms with Crippen LogP contribution in [0.2, 0.25) is 0 Å². The van der Waals surface area contributed by atoms with Crippen molar-refractivity contribution in [1.29, 1.82) is 0 Å². The lowest BCUT2D eigenvalue weighted by Crippen LogP contribution is -2.50. The predicted molar refractivity (Wildman–Crippen MR) is 115 cm³/mol. The summed E-state index contributed by atoms with van der Waals surface area (Å²) in [5, 5.41) is 2.78. The molecule has 2 aromatic carbocycles. The number of carbonyl (C=O) groups excluding carboxylic acids is 2. The van der Waals surface area contributed by atoms with Gasteiger partial charge in [0.1, 0.15) is 23.3 Å². The molecule has 0 heterocycles. The Bertz CT molecular complexity index is 803. The Balaban J connectivity index is 2.10. The molecule has 0 bridgehead atoms. The lowest BCUT2D eigenvalue weighted by Gasteiger charge is -2.28.